The van der Waals surface area contributed by atoms with Crippen LogP contribution in [0, 0.1) is 0 Å². The number of nitrogens with one attached hydrogen (secondary N) is 2. The number of amides is 1. The molecule has 1 amide bonds. The highest BCUT2D eigenvalue weighted by Gasteiger charge is 2.18. The van der Waals surface area contributed by atoms with Crippen LogP contribution in [0.5, 0.6) is 0 Å². The zero-order chi connectivity index (χ0) is 14.7. The standard InChI is InChI=1S/C11H15N9O/c1-12-9-16-10(19-4-2-8(21)14-3-5-19)18-11(17-9)20-7-13-6-15-20/h6-7H,2-5H2,1H3,(H,14,21)(H,12,16,17,18). The van der Waals surface area contributed by atoms with E-state index < -0.39 is 0 Å². The van der Waals surface area contributed by atoms with Crippen molar-refractivity contribution in [2.45, 2.75) is 6.42 Å². The monoisotopic (exact) mass is 289 g/mol. The van der Waals surface area contributed by atoms with E-state index in [-0.39, 0.29) is 5.91 Å². The molecule has 3 heterocycles. The van der Waals surface area contributed by atoms with Gasteiger partial charge in [-0.15, -0.1) is 0 Å². The molecule has 0 bridgehead atoms. The molecular weight excluding hydrogens is 274 g/mol. The van der Waals surface area contributed by atoms with E-state index >= 15 is 0 Å². The van der Waals surface area contributed by atoms with Crippen molar-refractivity contribution in [3.8, 4) is 5.95 Å². The van der Waals surface area contributed by atoms with E-state index in [1.54, 1.807) is 7.05 Å². The van der Waals surface area contributed by atoms with Crippen LogP contribution in [0.4, 0.5) is 11.9 Å². The highest BCUT2D eigenvalue weighted by atomic mass is 16.1. The summed E-state index contributed by atoms with van der Waals surface area (Å²) in [5.74, 6) is 1.37. The van der Waals surface area contributed by atoms with Gasteiger partial charge in [-0.3, -0.25) is 4.79 Å². The lowest BCUT2D eigenvalue weighted by atomic mass is 10.4. The van der Waals surface area contributed by atoms with Crippen LogP contribution >= 0.6 is 0 Å². The Morgan fingerprint density at radius 1 is 1.24 bits per heavy atom. The highest BCUT2D eigenvalue weighted by molar-refractivity contribution is 5.77. The van der Waals surface area contributed by atoms with Gasteiger partial charge in [-0.05, 0) is 0 Å². The zero-order valence-corrected chi connectivity index (χ0v) is 11.5. The number of anilines is 2. The summed E-state index contributed by atoms with van der Waals surface area (Å²) in [6, 6.07) is 0. The number of aromatic nitrogens is 6. The van der Waals surface area contributed by atoms with E-state index in [0.29, 0.717) is 43.9 Å². The van der Waals surface area contributed by atoms with Gasteiger partial charge in [0.25, 0.3) is 5.95 Å². The van der Waals surface area contributed by atoms with Gasteiger partial charge in [0.05, 0.1) is 0 Å². The molecule has 0 radical (unpaired) electrons. The Bertz CT molecular complexity index is 627. The predicted octanol–water partition coefficient (Wildman–Crippen LogP) is -1.18. The lowest BCUT2D eigenvalue weighted by Crippen LogP contribution is -2.30. The maximum absolute atomic E-state index is 11.4. The van der Waals surface area contributed by atoms with Crippen LogP contribution in [0.1, 0.15) is 6.42 Å². The third-order valence-corrected chi connectivity index (χ3v) is 3.05. The Hall–Kier alpha value is -2.78. The van der Waals surface area contributed by atoms with E-state index in [2.05, 4.69) is 35.7 Å². The van der Waals surface area contributed by atoms with Gasteiger partial charge in [-0.2, -0.15) is 24.7 Å². The van der Waals surface area contributed by atoms with Gasteiger partial charge in [0.15, 0.2) is 0 Å². The van der Waals surface area contributed by atoms with Crippen LogP contribution in [-0.4, -0.2) is 62.3 Å². The van der Waals surface area contributed by atoms with Crippen LogP contribution in [0.3, 0.4) is 0 Å². The van der Waals surface area contributed by atoms with Gasteiger partial charge in [0.2, 0.25) is 17.8 Å². The molecule has 0 atom stereocenters. The van der Waals surface area contributed by atoms with Gasteiger partial charge in [-0.1, -0.05) is 0 Å². The predicted molar refractivity (Wildman–Crippen MR) is 74.1 cm³/mol. The fourth-order valence-corrected chi connectivity index (χ4v) is 1.99. The van der Waals surface area contributed by atoms with Crippen molar-refractivity contribution in [3.63, 3.8) is 0 Å². The van der Waals surface area contributed by atoms with Crippen molar-refractivity contribution in [2.24, 2.45) is 0 Å². The first-order chi connectivity index (χ1) is 10.3. The number of carbonyl (C=O) groups is 1. The minimum Gasteiger partial charge on any atom is -0.357 e. The average Bonchev–Trinajstić information content (AvgIpc) is 2.96. The van der Waals surface area contributed by atoms with Gasteiger partial charge in [0.1, 0.15) is 12.7 Å². The van der Waals surface area contributed by atoms with Crippen molar-refractivity contribution in [1.82, 2.24) is 35.0 Å². The topological polar surface area (TPSA) is 114 Å². The smallest absolute Gasteiger partial charge is 0.258 e. The van der Waals surface area contributed by atoms with Gasteiger partial charge < -0.3 is 15.5 Å². The molecule has 1 aliphatic heterocycles. The lowest BCUT2D eigenvalue weighted by Gasteiger charge is -2.20. The molecule has 0 spiro atoms. The molecule has 2 N–H and O–H groups in total. The summed E-state index contributed by atoms with van der Waals surface area (Å²) >= 11 is 0. The third-order valence-electron chi connectivity index (χ3n) is 3.05. The maximum atomic E-state index is 11.4. The average molecular weight is 289 g/mol. The minimum absolute atomic E-state index is 0.0388. The van der Waals surface area contributed by atoms with Gasteiger partial charge >= 0.3 is 0 Å². The zero-order valence-electron chi connectivity index (χ0n) is 11.5. The Balaban J connectivity index is 1.94. The summed E-state index contributed by atoms with van der Waals surface area (Å²) in [5.41, 5.74) is 0. The summed E-state index contributed by atoms with van der Waals surface area (Å²) < 4.78 is 1.47. The molecule has 2 aromatic heterocycles. The Labute approximate surface area is 120 Å². The van der Waals surface area contributed by atoms with E-state index in [1.165, 1.54) is 17.3 Å². The summed E-state index contributed by atoms with van der Waals surface area (Å²) in [4.78, 5) is 30.2. The second kappa shape index (κ2) is 5.69. The molecular formula is C11H15N9O. The summed E-state index contributed by atoms with van der Waals surface area (Å²) in [6.45, 7) is 1.78. The molecule has 110 valence electrons. The van der Waals surface area contributed by atoms with E-state index in [1.807, 2.05) is 4.90 Å². The molecule has 10 heteroatoms. The van der Waals surface area contributed by atoms with E-state index in [9.17, 15) is 4.79 Å². The summed E-state index contributed by atoms with van der Waals surface area (Å²) in [6.07, 6.45) is 3.35. The molecule has 0 unspecified atom stereocenters. The number of nitrogens with zero attached hydrogens (tertiary/aromatic N) is 7. The van der Waals surface area contributed by atoms with Crippen molar-refractivity contribution in [2.75, 3.05) is 36.9 Å². The van der Waals surface area contributed by atoms with Crippen molar-refractivity contribution in [3.05, 3.63) is 12.7 Å². The summed E-state index contributed by atoms with van der Waals surface area (Å²) in [5, 5.41) is 9.74. The molecule has 1 fully saturated rings. The largest absolute Gasteiger partial charge is 0.357 e. The first kappa shape index (κ1) is 13.2. The van der Waals surface area contributed by atoms with Crippen LogP contribution in [-0.2, 0) is 4.79 Å². The molecule has 21 heavy (non-hydrogen) atoms. The second-order valence-electron chi connectivity index (χ2n) is 4.44. The molecule has 3 rings (SSSR count). The first-order valence-electron chi connectivity index (χ1n) is 6.57. The van der Waals surface area contributed by atoms with Gasteiger partial charge in [0, 0.05) is 33.1 Å². The lowest BCUT2D eigenvalue weighted by molar-refractivity contribution is -0.120. The highest BCUT2D eigenvalue weighted by Crippen LogP contribution is 2.13. The number of carbonyl (C=O) groups excluding carboxylic acids is 1. The van der Waals surface area contributed by atoms with Crippen LogP contribution in [0.15, 0.2) is 12.7 Å². The van der Waals surface area contributed by atoms with Crippen molar-refractivity contribution < 1.29 is 4.79 Å². The Morgan fingerprint density at radius 2 is 2.10 bits per heavy atom. The molecule has 10 nitrogen and oxygen atoms in total. The molecule has 1 saturated heterocycles. The van der Waals surface area contributed by atoms with Crippen molar-refractivity contribution in [1.29, 1.82) is 0 Å². The normalized spacial score (nSPS) is 15.5. The first-order valence-corrected chi connectivity index (χ1v) is 6.57. The molecule has 0 aliphatic carbocycles. The fourth-order valence-electron chi connectivity index (χ4n) is 1.99. The number of rotatable bonds is 3. The van der Waals surface area contributed by atoms with E-state index in [4.69, 9.17) is 0 Å². The fraction of sp³-hybridized carbons (Fsp3) is 0.455. The SMILES string of the molecule is CNc1nc(N2CCNC(=O)CC2)nc(-n2cncn2)n1. The molecule has 1 aliphatic rings. The Kier molecular flexibility index (Phi) is 3.58. The summed E-state index contributed by atoms with van der Waals surface area (Å²) in [7, 11) is 1.73. The number of hydrogen-bond acceptors (Lipinski definition) is 8. The molecule has 0 aromatic carbocycles. The molecule has 2 aromatic rings. The Morgan fingerprint density at radius 3 is 2.86 bits per heavy atom. The van der Waals surface area contributed by atoms with Gasteiger partial charge in [-0.25, -0.2) is 4.98 Å². The van der Waals surface area contributed by atoms with Crippen molar-refractivity contribution >= 4 is 17.8 Å². The minimum atomic E-state index is 0.0388. The number of hydrogen-bond donors (Lipinski definition) is 2. The van der Waals surface area contributed by atoms with Crippen LogP contribution < -0.4 is 15.5 Å². The maximum Gasteiger partial charge on any atom is 0.258 e. The quantitative estimate of drug-likeness (QED) is 0.726. The van der Waals surface area contributed by atoms with E-state index in [0.717, 1.165) is 0 Å². The van der Waals surface area contributed by atoms with Crippen LogP contribution in [0.25, 0.3) is 5.95 Å². The third kappa shape index (κ3) is 2.88. The molecule has 0 saturated carbocycles. The van der Waals surface area contributed by atoms with Crippen LogP contribution in [0.2, 0.25) is 0 Å². The second-order valence-corrected chi connectivity index (χ2v) is 4.44.